The number of carbonyl (C=O) groups is 2. The minimum Gasteiger partial charge on any atom is -0.477 e. The van der Waals surface area contributed by atoms with Crippen LogP contribution in [-0.2, 0) is 16.0 Å². The summed E-state index contributed by atoms with van der Waals surface area (Å²) in [6.07, 6.45) is -0.619. The summed E-state index contributed by atoms with van der Waals surface area (Å²) in [7, 11) is 1.55. The van der Waals surface area contributed by atoms with Gasteiger partial charge in [0.25, 0.3) is 5.91 Å². The molecule has 0 spiro atoms. The number of anilines is 1. The van der Waals surface area contributed by atoms with Gasteiger partial charge in [0.15, 0.2) is 16.9 Å². The highest BCUT2D eigenvalue weighted by Crippen LogP contribution is 2.34. The van der Waals surface area contributed by atoms with Crippen molar-refractivity contribution in [3.05, 3.63) is 53.2 Å². The first kappa shape index (κ1) is 18.2. The molecule has 3 heterocycles. The molecule has 1 aromatic carbocycles. The number of aryl methyl sites for hydroxylation is 1. The van der Waals surface area contributed by atoms with Crippen molar-refractivity contribution in [2.24, 2.45) is 0 Å². The number of rotatable bonds is 4. The summed E-state index contributed by atoms with van der Waals surface area (Å²) in [4.78, 5) is 31.2. The Kier molecular flexibility index (Phi) is 4.87. The second-order valence-corrected chi connectivity index (χ2v) is 7.28. The normalized spacial score (nSPS) is 15.6. The van der Waals surface area contributed by atoms with E-state index in [1.54, 1.807) is 18.0 Å². The van der Waals surface area contributed by atoms with Crippen molar-refractivity contribution >= 4 is 28.8 Å². The van der Waals surface area contributed by atoms with E-state index in [9.17, 15) is 9.59 Å². The Balaban J connectivity index is 1.55. The average Bonchev–Trinajstić information content (AvgIpc) is 3.35. The number of furan rings is 1. The molecule has 1 aliphatic heterocycles. The van der Waals surface area contributed by atoms with E-state index in [0.29, 0.717) is 22.9 Å². The molecule has 2 amide bonds. The molecular weight excluding hydrogens is 378 g/mol. The summed E-state index contributed by atoms with van der Waals surface area (Å²) in [5.41, 5.74) is 1.32. The van der Waals surface area contributed by atoms with Crippen molar-refractivity contribution in [3.8, 4) is 16.5 Å². The predicted molar refractivity (Wildman–Crippen MR) is 106 cm³/mol. The molecule has 0 aliphatic carbocycles. The highest BCUT2D eigenvalue weighted by Gasteiger charge is 2.33. The lowest BCUT2D eigenvalue weighted by Gasteiger charge is -2.34. The molecule has 2 aromatic heterocycles. The number of hydrogen-bond donors (Lipinski definition) is 1. The number of likely N-dealkylation sites (N-methyl/N-ethyl adjacent to an activating group) is 1. The van der Waals surface area contributed by atoms with E-state index < -0.39 is 6.10 Å². The second-order valence-electron chi connectivity index (χ2n) is 6.42. The third-order valence-electron chi connectivity index (χ3n) is 4.45. The summed E-state index contributed by atoms with van der Waals surface area (Å²) in [5.74, 6) is 1.61. The van der Waals surface area contributed by atoms with Crippen LogP contribution in [0.5, 0.6) is 5.75 Å². The molecule has 1 N–H and O–H groups in total. The lowest BCUT2D eigenvalue weighted by molar-refractivity contribution is -0.127. The van der Waals surface area contributed by atoms with Crippen molar-refractivity contribution in [1.29, 1.82) is 0 Å². The van der Waals surface area contributed by atoms with Gasteiger partial charge in [0, 0.05) is 12.4 Å². The van der Waals surface area contributed by atoms with Crippen LogP contribution < -0.4 is 15.0 Å². The number of nitrogens with one attached hydrogen (secondary N) is 1. The van der Waals surface area contributed by atoms with E-state index in [2.05, 4.69) is 10.3 Å². The number of amides is 2. The maximum absolute atomic E-state index is 13.0. The number of fused-ring (bicyclic) bond motifs is 1. The van der Waals surface area contributed by atoms with Crippen LogP contribution >= 0.6 is 11.3 Å². The fraction of sp³-hybridized carbons (Fsp3) is 0.250. The van der Waals surface area contributed by atoms with Crippen LogP contribution in [0.1, 0.15) is 11.5 Å². The third kappa shape index (κ3) is 3.50. The fourth-order valence-corrected chi connectivity index (χ4v) is 3.85. The Hall–Kier alpha value is -3.13. The van der Waals surface area contributed by atoms with Crippen LogP contribution in [0.3, 0.4) is 0 Å². The number of ether oxygens (including phenoxy) is 1. The number of para-hydroxylation sites is 2. The monoisotopic (exact) mass is 397 g/mol. The van der Waals surface area contributed by atoms with E-state index in [-0.39, 0.29) is 24.8 Å². The number of hydrogen-bond acceptors (Lipinski definition) is 6. The Labute approximate surface area is 165 Å². The Bertz CT molecular complexity index is 1030. The number of thiazole rings is 1. The van der Waals surface area contributed by atoms with Crippen molar-refractivity contribution < 1.29 is 18.7 Å². The van der Waals surface area contributed by atoms with Crippen molar-refractivity contribution in [3.63, 3.8) is 0 Å². The van der Waals surface area contributed by atoms with Gasteiger partial charge in [-0.1, -0.05) is 12.1 Å². The summed E-state index contributed by atoms with van der Waals surface area (Å²) < 4.78 is 11.3. The van der Waals surface area contributed by atoms with Gasteiger partial charge < -0.3 is 19.4 Å². The number of aromatic nitrogens is 1. The molecule has 0 radical (unpaired) electrons. The van der Waals surface area contributed by atoms with E-state index >= 15 is 0 Å². The molecule has 0 unspecified atom stereocenters. The lowest BCUT2D eigenvalue weighted by atomic mass is 10.1. The van der Waals surface area contributed by atoms with Gasteiger partial charge in [-0.05, 0) is 31.2 Å². The molecular formula is C20H19N3O4S. The zero-order valence-electron chi connectivity index (χ0n) is 15.5. The van der Waals surface area contributed by atoms with Gasteiger partial charge in [0.05, 0.1) is 24.3 Å². The summed E-state index contributed by atoms with van der Waals surface area (Å²) >= 11 is 1.43. The van der Waals surface area contributed by atoms with Crippen molar-refractivity contribution in [1.82, 2.24) is 10.3 Å². The Morgan fingerprint density at radius 1 is 1.29 bits per heavy atom. The van der Waals surface area contributed by atoms with Crippen molar-refractivity contribution in [2.75, 3.05) is 18.5 Å². The zero-order chi connectivity index (χ0) is 19.7. The second kappa shape index (κ2) is 7.47. The highest BCUT2D eigenvalue weighted by atomic mass is 32.1. The number of benzene rings is 1. The molecule has 4 rings (SSSR count). The minimum absolute atomic E-state index is 0.130. The first-order valence-corrected chi connectivity index (χ1v) is 9.72. The molecule has 0 saturated heterocycles. The first-order valence-electron chi connectivity index (χ1n) is 8.84. The van der Waals surface area contributed by atoms with Gasteiger partial charge >= 0.3 is 0 Å². The number of carbonyl (C=O) groups excluding carboxylic acids is 2. The fourth-order valence-electron chi connectivity index (χ4n) is 3.07. The standard InChI is InChI=1S/C20H19N3O4S/c1-12-7-8-16(26-12)20-22-13(11-28-20)9-18(24)23-10-17(19(25)21-2)27-15-6-4-3-5-14(15)23/h3-8,11,17H,9-10H2,1-2H3,(H,21,25)/t17-/m0/s1. The van der Waals surface area contributed by atoms with Gasteiger partial charge in [-0.3, -0.25) is 9.59 Å². The molecule has 144 valence electrons. The molecule has 7 nitrogen and oxygen atoms in total. The number of nitrogens with zero attached hydrogens (tertiary/aromatic N) is 2. The predicted octanol–water partition coefficient (Wildman–Crippen LogP) is 2.79. The molecule has 8 heteroatoms. The topological polar surface area (TPSA) is 84.7 Å². The summed E-state index contributed by atoms with van der Waals surface area (Å²) in [6.45, 7) is 2.03. The lowest BCUT2D eigenvalue weighted by Crippen LogP contribution is -2.50. The smallest absolute Gasteiger partial charge is 0.262 e. The van der Waals surface area contributed by atoms with Gasteiger partial charge in [-0.2, -0.15) is 0 Å². The molecule has 1 aliphatic rings. The van der Waals surface area contributed by atoms with Gasteiger partial charge in [0.1, 0.15) is 11.5 Å². The van der Waals surface area contributed by atoms with Crippen LogP contribution in [-0.4, -0.2) is 36.5 Å². The largest absolute Gasteiger partial charge is 0.477 e. The van der Waals surface area contributed by atoms with Crippen LogP contribution in [0.15, 0.2) is 46.2 Å². The van der Waals surface area contributed by atoms with E-state index in [1.807, 2.05) is 42.6 Å². The molecule has 0 saturated carbocycles. The van der Waals surface area contributed by atoms with Crippen molar-refractivity contribution in [2.45, 2.75) is 19.4 Å². The molecule has 1 atom stereocenters. The van der Waals surface area contributed by atoms with Crippen LogP contribution in [0.2, 0.25) is 0 Å². The van der Waals surface area contributed by atoms with Crippen LogP contribution in [0, 0.1) is 6.92 Å². The quantitative estimate of drug-likeness (QED) is 0.732. The highest BCUT2D eigenvalue weighted by molar-refractivity contribution is 7.13. The summed E-state index contributed by atoms with van der Waals surface area (Å²) in [6, 6.07) is 11.0. The SMILES string of the molecule is CNC(=O)[C@@H]1CN(C(=O)Cc2csc(-c3ccc(C)o3)n2)c2ccccc2O1. The van der Waals surface area contributed by atoms with E-state index in [1.165, 1.54) is 11.3 Å². The van der Waals surface area contributed by atoms with Crippen LogP contribution in [0.4, 0.5) is 5.69 Å². The Morgan fingerprint density at radius 2 is 2.11 bits per heavy atom. The van der Waals surface area contributed by atoms with E-state index in [0.717, 1.165) is 10.8 Å². The maximum atomic E-state index is 13.0. The van der Waals surface area contributed by atoms with Gasteiger partial charge in [-0.25, -0.2) is 4.98 Å². The molecule has 3 aromatic rings. The molecule has 0 bridgehead atoms. The van der Waals surface area contributed by atoms with Gasteiger partial charge in [0.2, 0.25) is 5.91 Å². The van der Waals surface area contributed by atoms with Gasteiger partial charge in [-0.15, -0.1) is 11.3 Å². The molecule has 0 fully saturated rings. The Morgan fingerprint density at radius 3 is 2.86 bits per heavy atom. The van der Waals surface area contributed by atoms with Crippen LogP contribution in [0.25, 0.3) is 10.8 Å². The molecule has 28 heavy (non-hydrogen) atoms. The third-order valence-corrected chi connectivity index (χ3v) is 5.35. The van der Waals surface area contributed by atoms with E-state index in [4.69, 9.17) is 9.15 Å². The first-order chi connectivity index (χ1) is 13.5. The zero-order valence-corrected chi connectivity index (χ0v) is 16.3. The summed E-state index contributed by atoms with van der Waals surface area (Å²) in [5, 5.41) is 5.17. The maximum Gasteiger partial charge on any atom is 0.262 e. The minimum atomic E-state index is -0.749. The average molecular weight is 397 g/mol.